The summed E-state index contributed by atoms with van der Waals surface area (Å²) < 4.78 is 10.9. The van der Waals surface area contributed by atoms with Crippen LogP contribution in [0.25, 0.3) is 0 Å². The van der Waals surface area contributed by atoms with Gasteiger partial charge in [0.25, 0.3) is 5.91 Å². The molecule has 5 heteroatoms. The number of rotatable bonds is 9. The molecule has 0 saturated heterocycles. The second kappa shape index (κ2) is 10.8. The van der Waals surface area contributed by atoms with Gasteiger partial charge in [0, 0.05) is 5.69 Å². The maximum atomic E-state index is 12.5. The van der Waals surface area contributed by atoms with Gasteiger partial charge < -0.3 is 14.8 Å². The van der Waals surface area contributed by atoms with Gasteiger partial charge in [0.15, 0.2) is 6.10 Å². The molecule has 0 unspecified atom stereocenters. The van der Waals surface area contributed by atoms with Gasteiger partial charge >= 0.3 is 5.97 Å². The first-order valence-corrected chi connectivity index (χ1v) is 10.1. The Morgan fingerprint density at radius 2 is 1.62 bits per heavy atom. The highest BCUT2D eigenvalue weighted by Gasteiger charge is 2.20. The zero-order valence-electron chi connectivity index (χ0n) is 17.9. The average molecular weight is 398 g/mol. The molecule has 0 aromatic heterocycles. The fourth-order valence-corrected chi connectivity index (χ4v) is 2.78. The molecule has 2 aromatic carbocycles. The van der Waals surface area contributed by atoms with Crippen molar-refractivity contribution in [2.75, 3.05) is 5.32 Å². The SMILES string of the molecule is CC[C@H](C)c1ccccc1NC(=O)[C@H](C)OC(=O)c1ccc(COC(C)C)cc1. The van der Waals surface area contributed by atoms with Crippen molar-refractivity contribution in [2.45, 2.75) is 65.8 Å². The third-order valence-corrected chi connectivity index (χ3v) is 4.79. The van der Waals surface area contributed by atoms with Crippen LogP contribution in [0.5, 0.6) is 0 Å². The number of ether oxygens (including phenoxy) is 2. The van der Waals surface area contributed by atoms with Crippen LogP contribution in [-0.2, 0) is 20.9 Å². The van der Waals surface area contributed by atoms with Crippen molar-refractivity contribution < 1.29 is 19.1 Å². The van der Waals surface area contributed by atoms with E-state index in [4.69, 9.17) is 9.47 Å². The van der Waals surface area contributed by atoms with Gasteiger partial charge in [0.05, 0.1) is 18.3 Å². The van der Waals surface area contributed by atoms with Crippen LogP contribution in [0.3, 0.4) is 0 Å². The Morgan fingerprint density at radius 3 is 2.24 bits per heavy atom. The van der Waals surface area contributed by atoms with Crippen molar-refractivity contribution >= 4 is 17.6 Å². The van der Waals surface area contributed by atoms with Gasteiger partial charge in [-0.25, -0.2) is 4.79 Å². The van der Waals surface area contributed by atoms with Crippen LogP contribution in [0.15, 0.2) is 48.5 Å². The summed E-state index contributed by atoms with van der Waals surface area (Å²) in [6.45, 7) is 10.2. The molecule has 0 aliphatic heterocycles. The first-order valence-electron chi connectivity index (χ1n) is 10.1. The molecule has 0 fully saturated rings. The van der Waals surface area contributed by atoms with Gasteiger partial charge in [-0.1, -0.05) is 44.2 Å². The summed E-state index contributed by atoms with van der Waals surface area (Å²) in [7, 11) is 0. The van der Waals surface area contributed by atoms with Crippen LogP contribution in [0.1, 0.15) is 68.4 Å². The van der Waals surface area contributed by atoms with Crippen molar-refractivity contribution in [3.05, 3.63) is 65.2 Å². The Labute approximate surface area is 173 Å². The second-order valence-corrected chi connectivity index (χ2v) is 7.49. The number of nitrogens with one attached hydrogen (secondary N) is 1. The maximum absolute atomic E-state index is 12.5. The number of carbonyl (C=O) groups is 2. The van der Waals surface area contributed by atoms with Gasteiger partial charge in [0.2, 0.25) is 0 Å². The van der Waals surface area contributed by atoms with E-state index < -0.39 is 12.1 Å². The monoisotopic (exact) mass is 397 g/mol. The molecule has 0 saturated carbocycles. The van der Waals surface area contributed by atoms with Gasteiger partial charge in [-0.2, -0.15) is 0 Å². The van der Waals surface area contributed by atoms with E-state index in [-0.39, 0.29) is 12.0 Å². The van der Waals surface area contributed by atoms with Crippen LogP contribution in [-0.4, -0.2) is 24.1 Å². The van der Waals surface area contributed by atoms with Gasteiger partial charge in [0.1, 0.15) is 0 Å². The Kier molecular flexibility index (Phi) is 8.40. The molecule has 2 rings (SSSR count). The number of hydrogen-bond acceptors (Lipinski definition) is 4. The largest absolute Gasteiger partial charge is 0.449 e. The molecule has 0 spiro atoms. The smallest absolute Gasteiger partial charge is 0.338 e. The zero-order chi connectivity index (χ0) is 21.4. The van der Waals surface area contributed by atoms with E-state index in [1.165, 1.54) is 0 Å². The summed E-state index contributed by atoms with van der Waals surface area (Å²) >= 11 is 0. The highest BCUT2D eigenvalue weighted by molar-refractivity contribution is 5.97. The summed E-state index contributed by atoms with van der Waals surface area (Å²) in [4.78, 5) is 24.9. The van der Waals surface area contributed by atoms with Crippen LogP contribution >= 0.6 is 0 Å². The lowest BCUT2D eigenvalue weighted by Gasteiger charge is -2.18. The lowest BCUT2D eigenvalue weighted by Crippen LogP contribution is -2.30. The Hall–Kier alpha value is -2.66. The van der Waals surface area contributed by atoms with E-state index >= 15 is 0 Å². The van der Waals surface area contributed by atoms with E-state index in [0.29, 0.717) is 18.1 Å². The molecule has 0 aliphatic carbocycles. The summed E-state index contributed by atoms with van der Waals surface area (Å²) in [5.41, 5.74) is 3.20. The predicted molar refractivity (Wildman–Crippen MR) is 115 cm³/mol. The van der Waals surface area contributed by atoms with Crippen molar-refractivity contribution in [3.63, 3.8) is 0 Å². The normalized spacial score (nSPS) is 13.0. The predicted octanol–water partition coefficient (Wildman–Crippen LogP) is 5.31. The number of esters is 1. The first kappa shape index (κ1) is 22.6. The molecule has 2 atom stereocenters. The summed E-state index contributed by atoms with van der Waals surface area (Å²) in [5.74, 6) is -0.558. The summed E-state index contributed by atoms with van der Waals surface area (Å²) in [5, 5.41) is 2.89. The first-order chi connectivity index (χ1) is 13.8. The third kappa shape index (κ3) is 6.71. The van der Waals surface area contributed by atoms with E-state index in [1.54, 1.807) is 19.1 Å². The minimum Gasteiger partial charge on any atom is -0.449 e. The highest BCUT2D eigenvalue weighted by atomic mass is 16.5. The molecule has 1 N–H and O–H groups in total. The van der Waals surface area contributed by atoms with Crippen LogP contribution < -0.4 is 5.32 Å². The molecule has 5 nitrogen and oxygen atoms in total. The van der Waals surface area contributed by atoms with Gasteiger partial charge in [-0.3, -0.25) is 4.79 Å². The molecule has 0 radical (unpaired) electrons. The van der Waals surface area contributed by atoms with Crippen molar-refractivity contribution in [3.8, 4) is 0 Å². The highest BCUT2D eigenvalue weighted by Crippen LogP contribution is 2.26. The van der Waals surface area contributed by atoms with Gasteiger partial charge in [-0.15, -0.1) is 0 Å². The Morgan fingerprint density at radius 1 is 0.966 bits per heavy atom. The fourth-order valence-electron chi connectivity index (χ4n) is 2.78. The van der Waals surface area contributed by atoms with E-state index in [1.807, 2.05) is 50.2 Å². The van der Waals surface area contributed by atoms with Crippen LogP contribution in [0.2, 0.25) is 0 Å². The summed E-state index contributed by atoms with van der Waals surface area (Å²) in [6, 6.07) is 14.7. The Balaban J connectivity index is 1.96. The van der Waals surface area contributed by atoms with Gasteiger partial charge in [-0.05, 0) is 62.4 Å². The second-order valence-electron chi connectivity index (χ2n) is 7.49. The molecule has 29 heavy (non-hydrogen) atoms. The molecular weight excluding hydrogens is 366 g/mol. The van der Waals surface area contributed by atoms with E-state index in [0.717, 1.165) is 23.2 Å². The molecule has 156 valence electrons. The number of carbonyl (C=O) groups excluding carboxylic acids is 2. The third-order valence-electron chi connectivity index (χ3n) is 4.79. The maximum Gasteiger partial charge on any atom is 0.338 e. The molecule has 2 aromatic rings. The zero-order valence-corrected chi connectivity index (χ0v) is 17.9. The van der Waals surface area contributed by atoms with Crippen LogP contribution in [0.4, 0.5) is 5.69 Å². The Bertz CT molecular complexity index is 814. The van der Waals surface area contributed by atoms with Crippen molar-refractivity contribution in [1.82, 2.24) is 0 Å². The minimum absolute atomic E-state index is 0.143. The standard InChI is InChI=1S/C24H31NO4/c1-6-17(4)21-9-7-8-10-22(21)25-23(26)18(5)29-24(27)20-13-11-19(12-14-20)15-28-16(2)3/h7-14,16-18H,6,15H2,1-5H3,(H,25,26)/t17-,18-/m0/s1. The fraction of sp³-hybridized carbons (Fsp3) is 0.417. The molecule has 0 aliphatic rings. The molecule has 0 heterocycles. The van der Waals surface area contributed by atoms with E-state index in [2.05, 4.69) is 19.2 Å². The number of hydrogen-bond donors (Lipinski definition) is 1. The number of benzene rings is 2. The van der Waals surface area contributed by atoms with Crippen molar-refractivity contribution in [1.29, 1.82) is 0 Å². The average Bonchev–Trinajstić information content (AvgIpc) is 2.72. The minimum atomic E-state index is -0.906. The molecule has 1 amide bonds. The number of amides is 1. The number of anilines is 1. The number of para-hydroxylation sites is 1. The molecule has 0 bridgehead atoms. The van der Waals surface area contributed by atoms with Crippen molar-refractivity contribution in [2.24, 2.45) is 0 Å². The van der Waals surface area contributed by atoms with E-state index in [9.17, 15) is 9.59 Å². The quantitative estimate of drug-likeness (QED) is 0.583. The lowest BCUT2D eigenvalue weighted by molar-refractivity contribution is -0.123. The van der Waals surface area contributed by atoms with Crippen LogP contribution in [0, 0.1) is 0 Å². The lowest BCUT2D eigenvalue weighted by atomic mass is 9.97. The summed E-state index contributed by atoms with van der Waals surface area (Å²) in [6.07, 6.45) is 0.205. The topological polar surface area (TPSA) is 64.6 Å². The molecular formula is C24H31NO4.